The van der Waals surface area contributed by atoms with Crippen LogP contribution in [0.4, 0.5) is 0 Å². The number of benzene rings is 1. The van der Waals surface area contributed by atoms with Gasteiger partial charge in [-0.15, -0.1) is 0 Å². The van der Waals surface area contributed by atoms with E-state index < -0.39 is 18.4 Å². The van der Waals surface area contributed by atoms with E-state index in [2.05, 4.69) is 5.16 Å². The molecule has 188 valence electrons. The number of phenolic OH excluding ortho intramolecular Hbond substituents is 1. The zero-order valence-corrected chi connectivity index (χ0v) is 19.7. The van der Waals surface area contributed by atoms with E-state index in [0.717, 1.165) is 5.56 Å². The summed E-state index contributed by atoms with van der Waals surface area (Å²) >= 11 is 0. The van der Waals surface area contributed by atoms with Crippen molar-refractivity contribution in [2.75, 3.05) is 13.2 Å². The Labute approximate surface area is 203 Å². The quantitative estimate of drug-likeness (QED) is 0.287. The summed E-state index contributed by atoms with van der Waals surface area (Å²) in [5.74, 6) is -2.51. The molecule has 0 saturated carbocycles. The highest BCUT2D eigenvalue weighted by molar-refractivity contribution is 6.02. The molecule has 0 fully saturated rings. The van der Waals surface area contributed by atoms with Gasteiger partial charge in [-0.2, -0.15) is 0 Å². The number of fused-ring (bicyclic) bond motifs is 1. The molecule has 0 spiro atoms. The molecule has 0 saturated heterocycles. The lowest BCUT2D eigenvalue weighted by molar-refractivity contribution is -0.131. The summed E-state index contributed by atoms with van der Waals surface area (Å²) in [6.45, 7) is 0.680. The summed E-state index contributed by atoms with van der Waals surface area (Å²) in [5.41, 5.74) is 2.10. The second-order valence-corrected chi connectivity index (χ2v) is 9.27. The van der Waals surface area contributed by atoms with E-state index in [1.807, 2.05) is 0 Å². The Morgan fingerprint density at radius 3 is 2.60 bits per heavy atom. The lowest BCUT2D eigenvalue weighted by Gasteiger charge is -2.31. The molecule has 3 atom stereocenters. The van der Waals surface area contributed by atoms with Crippen LogP contribution >= 0.6 is 0 Å². The minimum atomic E-state index is -0.799. The van der Waals surface area contributed by atoms with E-state index in [1.165, 1.54) is 25.5 Å². The zero-order valence-electron chi connectivity index (χ0n) is 19.7. The van der Waals surface area contributed by atoms with Gasteiger partial charge in [-0.1, -0.05) is 11.2 Å². The molecule has 3 N–H and O–H groups in total. The Hall–Kier alpha value is -3.17. The van der Waals surface area contributed by atoms with Crippen molar-refractivity contribution in [1.29, 1.82) is 0 Å². The van der Waals surface area contributed by atoms with Gasteiger partial charge in [-0.3, -0.25) is 19.2 Å². The van der Waals surface area contributed by atoms with Crippen LogP contribution in [-0.4, -0.2) is 56.8 Å². The molecule has 0 bridgehead atoms. The minimum Gasteiger partial charge on any atom is -0.507 e. The van der Waals surface area contributed by atoms with E-state index in [1.54, 1.807) is 6.07 Å². The summed E-state index contributed by atoms with van der Waals surface area (Å²) in [7, 11) is 0. The highest BCUT2D eigenvalue weighted by Gasteiger charge is 2.34. The van der Waals surface area contributed by atoms with Crippen molar-refractivity contribution in [3.63, 3.8) is 0 Å². The first kappa shape index (κ1) is 26.4. The fourth-order valence-corrected chi connectivity index (χ4v) is 5.05. The van der Waals surface area contributed by atoms with E-state index in [-0.39, 0.29) is 72.7 Å². The largest absolute Gasteiger partial charge is 0.507 e. The molecule has 3 unspecified atom stereocenters. The normalized spacial score (nSPS) is 17.0. The maximum absolute atomic E-state index is 13.0. The van der Waals surface area contributed by atoms with Crippen LogP contribution < -0.4 is 0 Å². The second-order valence-electron chi connectivity index (χ2n) is 9.27. The highest BCUT2D eigenvalue weighted by Crippen LogP contribution is 2.38. The van der Waals surface area contributed by atoms with Crippen molar-refractivity contribution >= 4 is 23.1 Å². The Kier molecular flexibility index (Phi) is 9.06. The van der Waals surface area contributed by atoms with Gasteiger partial charge >= 0.3 is 0 Å². The molecule has 1 aliphatic rings. The van der Waals surface area contributed by atoms with Crippen molar-refractivity contribution in [2.24, 2.45) is 17.8 Å². The van der Waals surface area contributed by atoms with E-state index in [9.17, 15) is 34.5 Å². The molecule has 0 aliphatic heterocycles. The number of nitrogens with zero attached hydrogens (tertiary/aromatic N) is 1. The highest BCUT2D eigenvalue weighted by atomic mass is 16.5. The number of phenols is 1. The molecule has 1 aromatic heterocycles. The van der Waals surface area contributed by atoms with Gasteiger partial charge in [-0.05, 0) is 61.6 Å². The molecule has 2 aromatic rings. The molecule has 9 nitrogen and oxygen atoms in total. The van der Waals surface area contributed by atoms with Crippen molar-refractivity contribution in [1.82, 2.24) is 5.16 Å². The first-order valence-corrected chi connectivity index (χ1v) is 11.8. The fraction of sp³-hybridized carbons (Fsp3) is 0.500. The average molecular weight is 486 g/mol. The topological polar surface area (TPSA) is 155 Å². The van der Waals surface area contributed by atoms with Crippen molar-refractivity contribution < 1.29 is 39.0 Å². The average Bonchev–Trinajstić information content (AvgIpc) is 3.33. The SMILES string of the molecule is CC(=O)CC(=O)C(CO)C(CCO)CC1CC(=O)c2c(O)ccc(CCC(=O)c3cnoc3)c2C1. The minimum absolute atomic E-state index is 0.102. The van der Waals surface area contributed by atoms with Crippen molar-refractivity contribution in [3.8, 4) is 5.75 Å². The number of aromatic nitrogens is 1. The van der Waals surface area contributed by atoms with Gasteiger partial charge in [0.2, 0.25) is 0 Å². The van der Waals surface area contributed by atoms with Crippen LogP contribution in [0, 0.1) is 17.8 Å². The van der Waals surface area contributed by atoms with Crippen LogP contribution in [0.3, 0.4) is 0 Å². The van der Waals surface area contributed by atoms with E-state index in [4.69, 9.17) is 4.52 Å². The molecule has 3 rings (SSSR count). The maximum Gasteiger partial charge on any atom is 0.168 e. The number of aromatic hydroxyl groups is 1. The van der Waals surface area contributed by atoms with Gasteiger partial charge in [0.15, 0.2) is 11.6 Å². The second kappa shape index (κ2) is 12.0. The van der Waals surface area contributed by atoms with Gasteiger partial charge in [0, 0.05) is 25.4 Å². The predicted octanol–water partition coefficient (Wildman–Crippen LogP) is 2.49. The Bertz CT molecular complexity index is 1080. The first-order valence-electron chi connectivity index (χ1n) is 11.8. The number of aliphatic hydroxyl groups is 2. The number of rotatable bonds is 13. The predicted molar refractivity (Wildman–Crippen MR) is 124 cm³/mol. The summed E-state index contributed by atoms with van der Waals surface area (Å²) in [6, 6.07) is 3.18. The number of Topliss-reactive ketones (excluding diaryl/α,β-unsaturated/α-hetero) is 4. The van der Waals surface area contributed by atoms with Crippen LogP contribution in [0.25, 0.3) is 0 Å². The molecular weight excluding hydrogens is 454 g/mol. The molecule has 1 heterocycles. The summed E-state index contributed by atoms with van der Waals surface area (Å²) in [6.07, 6.45) is 4.15. The van der Waals surface area contributed by atoms with Crippen molar-refractivity contribution in [2.45, 2.75) is 51.9 Å². The van der Waals surface area contributed by atoms with Crippen LogP contribution in [0.5, 0.6) is 5.75 Å². The van der Waals surface area contributed by atoms with Crippen molar-refractivity contribution in [3.05, 3.63) is 46.8 Å². The molecule has 0 amide bonds. The maximum atomic E-state index is 13.0. The molecule has 1 aromatic carbocycles. The van der Waals surface area contributed by atoms with Crippen LogP contribution in [0.2, 0.25) is 0 Å². The van der Waals surface area contributed by atoms with Gasteiger partial charge in [0.1, 0.15) is 23.6 Å². The third kappa shape index (κ3) is 6.49. The lowest BCUT2D eigenvalue weighted by atomic mass is 9.72. The van der Waals surface area contributed by atoms with Crippen LogP contribution in [0.1, 0.15) is 70.9 Å². The number of hydrogen-bond donors (Lipinski definition) is 3. The number of carbonyl (C=O) groups excluding carboxylic acids is 4. The molecule has 0 radical (unpaired) electrons. The molecule has 9 heteroatoms. The number of ketones is 4. The lowest BCUT2D eigenvalue weighted by Crippen LogP contribution is -2.32. The Morgan fingerprint density at radius 1 is 1.20 bits per heavy atom. The fourth-order valence-electron chi connectivity index (χ4n) is 5.05. The Morgan fingerprint density at radius 2 is 1.97 bits per heavy atom. The Balaban J connectivity index is 1.80. The third-order valence-electron chi connectivity index (χ3n) is 6.75. The smallest absolute Gasteiger partial charge is 0.168 e. The number of carbonyl (C=O) groups is 4. The van der Waals surface area contributed by atoms with Crippen LogP contribution in [-0.2, 0) is 22.4 Å². The monoisotopic (exact) mass is 485 g/mol. The number of hydrogen-bond acceptors (Lipinski definition) is 9. The first-order chi connectivity index (χ1) is 16.7. The summed E-state index contributed by atoms with van der Waals surface area (Å²) < 4.78 is 4.72. The molecular formula is C26H31NO8. The van der Waals surface area contributed by atoms with Gasteiger partial charge in [0.05, 0.1) is 30.4 Å². The molecule has 35 heavy (non-hydrogen) atoms. The third-order valence-corrected chi connectivity index (χ3v) is 6.75. The van der Waals surface area contributed by atoms with E-state index >= 15 is 0 Å². The van der Waals surface area contributed by atoms with Gasteiger partial charge in [-0.25, -0.2) is 0 Å². The van der Waals surface area contributed by atoms with Gasteiger partial charge in [0.25, 0.3) is 0 Å². The van der Waals surface area contributed by atoms with Crippen LogP contribution in [0.15, 0.2) is 29.1 Å². The number of aryl methyl sites for hydroxylation is 1. The standard InChI is InChI=1S/C26H31NO8/c1-15(30)8-24(33)21(13-29)18(6-7-28)9-16-10-20-17(2-4-22(31)19-12-27-35-14-19)3-5-23(32)26(20)25(34)11-16/h3,5,12,14,16,18,21,28-29,32H,2,4,6-11,13H2,1H3. The summed E-state index contributed by atoms with van der Waals surface area (Å²) in [5, 5.41) is 33.3. The molecule has 1 aliphatic carbocycles. The zero-order chi connectivity index (χ0) is 25.5. The number of aliphatic hydroxyl groups excluding tert-OH is 2. The van der Waals surface area contributed by atoms with E-state index in [0.29, 0.717) is 30.4 Å². The summed E-state index contributed by atoms with van der Waals surface area (Å²) in [4.78, 5) is 49.4. The van der Waals surface area contributed by atoms with Gasteiger partial charge < -0.3 is 19.8 Å².